The first-order chi connectivity index (χ1) is 27.2. The Labute approximate surface area is 345 Å². The largest absolute Gasteiger partial charge is 0.396 e. The number of halogens is 2. The fourth-order valence-corrected chi connectivity index (χ4v) is 10.2. The van der Waals surface area contributed by atoms with Crippen LogP contribution in [0.25, 0.3) is 11.1 Å². The maximum Gasteiger partial charge on any atom is 0.240 e. The maximum absolute atomic E-state index is 13.1. The number of hydrogen-bond donors (Lipinski definition) is 3. The smallest absolute Gasteiger partial charge is 0.240 e. The van der Waals surface area contributed by atoms with Gasteiger partial charge in [0.05, 0.1) is 60.1 Å². The van der Waals surface area contributed by atoms with Crippen molar-refractivity contribution >= 4 is 53.1 Å². The van der Waals surface area contributed by atoms with Crippen LogP contribution < -0.4 is 9.44 Å². The average Bonchev–Trinajstić information content (AvgIpc) is 3.19. The van der Waals surface area contributed by atoms with E-state index in [1.54, 1.807) is 48.5 Å². The molecule has 3 N–H and O–H groups in total. The minimum Gasteiger partial charge on any atom is -0.396 e. The molecule has 0 spiro atoms. The molecule has 1 aliphatic rings. The lowest BCUT2D eigenvalue weighted by Gasteiger charge is -2.33. The van der Waals surface area contributed by atoms with Crippen LogP contribution in [0.1, 0.15) is 29.0 Å². The van der Waals surface area contributed by atoms with Crippen LogP contribution in [0.3, 0.4) is 0 Å². The SMILES string of the molecule is CN1Cc2c(Cl)cc(Cl)cc2C(c2cccc(S(=O)(=O)NCCOCCOCCOCCNS(=O)(=O)c3ccc(-c4ccc(S(=O)(=O)CCCO)cc4)cc3)c2)C1. The van der Waals surface area contributed by atoms with Gasteiger partial charge in [-0.1, -0.05) is 59.6 Å². The van der Waals surface area contributed by atoms with Crippen molar-refractivity contribution in [2.75, 3.05) is 78.7 Å². The first kappa shape index (κ1) is 45.1. The topological polar surface area (TPSA) is 178 Å². The fraction of sp³-hybridized carbons (Fsp3) is 0.385. The van der Waals surface area contributed by atoms with Gasteiger partial charge in [0.2, 0.25) is 20.0 Å². The van der Waals surface area contributed by atoms with Crippen molar-refractivity contribution < 1.29 is 44.6 Å². The predicted molar refractivity (Wildman–Crippen MR) is 220 cm³/mol. The van der Waals surface area contributed by atoms with Gasteiger partial charge in [-0.05, 0) is 89.8 Å². The molecule has 0 saturated heterocycles. The molecule has 1 atom stereocenters. The number of likely N-dealkylation sites (N-methyl/N-ethyl adjacent to an activating group) is 1. The summed E-state index contributed by atoms with van der Waals surface area (Å²) in [6, 6.07) is 23.0. The van der Waals surface area contributed by atoms with Gasteiger partial charge in [0.25, 0.3) is 0 Å². The Balaban J connectivity index is 0.940. The molecule has 4 aromatic carbocycles. The summed E-state index contributed by atoms with van der Waals surface area (Å²) < 4.78 is 97.8. The Kier molecular flexibility index (Phi) is 16.5. The highest BCUT2D eigenvalue weighted by molar-refractivity contribution is 7.91. The molecule has 0 aliphatic carbocycles. The van der Waals surface area contributed by atoms with Crippen molar-refractivity contribution in [3.05, 3.63) is 112 Å². The molecule has 0 saturated carbocycles. The van der Waals surface area contributed by atoms with E-state index in [-0.39, 0.29) is 92.1 Å². The van der Waals surface area contributed by atoms with E-state index in [1.807, 2.05) is 19.2 Å². The number of ether oxygens (including phenoxy) is 3. The van der Waals surface area contributed by atoms with Gasteiger partial charge >= 0.3 is 0 Å². The van der Waals surface area contributed by atoms with Crippen molar-refractivity contribution in [3.63, 3.8) is 0 Å². The van der Waals surface area contributed by atoms with Crippen LogP contribution in [-0.2, 0) is 50.6 Å². The van der Waals surface area contributed by atoms with E-state index in [2.05, 4.69) is 14.3 Å². The van der Waals surface area contributed by atoms with E-state index >= 15 is 0 Å². The molecule has 1 unspecified atom stereocenters. The number of aliphatic hydroxyl groups is 1. The second kappa shape index (κ2) is 20.8. The molecular weight excluding hydrogens is 838 g/mol. The third-order valence-electron chi connectivity index (χ3n) is 9.17. The summed E-state index contributed by atoms with van der Waals surface area (Å²) in [7, 11) is -9.06. The van der Waals surface area contributed by atoms with E-state index in [4.69, 9.17) is 42.5 Å². The molecular formula is C39H47Cl2N3O10S3. The number of sulfonamides is 2. The van der Waals surface area contributed by atoms with Gasteiger partial charge in [0.1, 0.15) is 0 Å². The fourth-order valence-electron chi connectivity index (χ4n) is 6.29. The minimum atomic E-state index is -3.79. The summed E-state index contributed by atoms with van der Waals surface area (Å²) in [5.41, 5.74) is 4.27. The molecule has 5 rings (SSSR count). The van der Waals surface area contributed by atoms with Crippen LogP contribution >= 0.6 is 23.2 Å². The van der Waals surface area contributed by atoms with Gasteiger partial charge in [-0.15, -0.1) is 0 Å². The number of fused-ring (bicyclic) bond motifs is 1. The lowest BCUT2D eigenvalue weighted by molar-refractivity contribution is 0.0167. The number of hydrogen-bond acceptors (Lipinski definition) is 11. The molecule has 0 bridgehead atoms. The number of benzene rings is 4. The van der Waals surface area contributed by atoms with Crippen molar-refractivity contribution in [2.45, 2.75) is 33.6 Å². The number of sulfone groups is 1. The van der Waals surface area contributed by atoms with Crippen LogP contribution in [0.15, 0.2) is 99.6 Å². The van der Waals surface area contributed by atoms with Crippen LogP contribution in [0, 0.1) is 0 Å². The van der Waals surface area contributed by atoms with E-state index in [0.717, 1.165) is 27.8 Å². The number of nitrogens with one attached hydrogen (secondary N) is 2. The predicted octanol–water partition coefficient (Wildman–Crippen LogP) is 4.70. The van der Waals surface area contributed by atoms with Crippen LogP contribution in [-0.4, -0.2) is 114 Å². The van der Waals surface area contributed by atoms with Gasteiger partial charge in [-0.2, -0.15) is 0 Å². The molecule has 0 radical (unpaired) electrons. The van der Waals surface area contributed by atoms with Crippen molar-refractivity contribution in [3.8, 4) is 11.1 Å². The van der Waals surface area contributed by atoms with E-state index in [0.29, 0.717) is 23.1 Å². The van der Waals surface area contributed by atoms with Gasteiger partial charge in [-0.3, -0.25) is 0 Å². The normalized spacial score (nSPS) is 15.1. The van der Waals surface area contributed by atoms with Crippen molar-refractivity contribution in [1.82, 2.24) is 14.3 Å². The summed E-state index contributed by atoms with van der Waals surface area (Å²) in [5, 5.41) is 10.1. The highest BCUT2D eigenvalue weighted by Gasteiger charge is 2.28. The zero-order chi connectivity index (χ0) is 41.1. The maximum atomic E-state index is 13.1. The Morgan fingerprint density at radius 2 is 1.25 bits per heavy atom. The summed E-state index contributed by atoms with van der Waals surface area (Å²) in [5.74, 6) is -0.237. The lowest BCUT2D eigenvalue weighted by atomic mass is 9.85. The Morgan fingerprint density at radius 3 is 1.82 bits per heavy atom. The zero-order valence-electron chi connectivity index (χ0n) is 31.4. The van der Waals surface area contributed by atoms with Gasteiger partial charge < -0.3 is 24.2 Å². The Hall–Kier alpha value is -2.97. The first-order valence-corrected chi connectivity index (χ1v) is 23.6. The third kappa shape index (κ3) is 12.8. The highest BCUT2D eigenvalue weighted by atomic mass is 35.5. The van der Waals surface area contributed by atoms with Gasteiger partial charge in [-0.25, -0.2) is 34.7 Å². The van der Waals surface area contributed by atoms with Crippen LogP contribution in [0.2, 0.25) is 10.0 Å². The summed E-state index contributed by atoms with van der Waals surface area (Å²) in [6.07, 6.45) is 0.159. The van der Waals surface area contributed by atoms with Crippen LogP contribution in [0.5, 0.6) is 0 Å². The zero-order valence-corrected chi connectivity index (χ0v) is 35.4. The van der Waals surface area contributed by atoms with E-state index in [1.165, 1.54) is 24.3 Å². The van der Waals surface area contributed by atoms with Crippen molar-refractivity contribution in [2.24, 2.45) is 0 Å². The molecule has 13 nitrogen and oxygen atoms in total. The molecule has 1 aliphatic heterocycles. The average molecular weight is 885 g/mol. The summed E-state index contributed by atoms with van der Waals surface area (Å²) >= 11 is 12.8. The number of nitrogens with zero attached hydrogens (tertiary/aromatic N) is 1. The number of rotatable bonds is 22. The van der Waals surface area contributed by atoms with E-state index < -0.39 is 29.9 Å². The lowest BCUT2D eigenvalue weighted by Crippen LogP contribution is -2.31. The van der Waals surface area contributed by atoms with Gasteiger partial charge in [0.15, 0.2) is 9.84 Å². The standard InChI is InChI=1S/C39H47Cl2N3O10S3/c1-44-27-37(36-25-32(40)26-39(41)38(36)28-44)31-4-2-5-35(24-31)57(50,51)43-15-18-53-20-22-54-21-19-52-17-14-42-56(48,49)34-12-8-30(9-13-34)29-6-10-33(11-7-29)55(46,47)23-3-16-45/h2,4-13,24-26,37,42-43,45H,3,14-23,27-28H2,1H3. The van der Waals surface area contributed by atoms with E-state index in [9.17, 15) is 25.3 Å². The van der Waals surface area contributed by atoms with Gasteiger partial charge in [0, 0.05) is 48.7 Å². The van der Waals surface area contributed by atoms with Crippen LogP contribution in [0.4, 0.5) is 0 Å². The second-order valence-electron chi connectivity index (χ2n) is 13.4. The first-order valence-electron chi connectivity index (χ1n) is 18.2. The minimum absolute atomic E-state index is 0.0508. The highest BCUT2D eigenvalue weighted by Crippen LogP contribution is 2.39. The Morgan fingerprint density at radius 1 is 0.702 bits per heavy atom. The quantitative estimate of drug-likeness (QED) is 0.0933. The number of aliphatic hydroxyl groups excluding tert-OH is 1. The summed E-state index contributed by atoms with van der Waals surface area (Å²) in [4.78, 5) is 2.54. The molecule has 57 heavy (non-hydrogen) atoms. The molecule has 0 fully saturated rings. The van der Waals surface area contributed by atoms with Crippen molar-refractivity contribution in [1.29, 1.82) is 0 Å². The Bertz CT molecular complexity index is 2280. The molecule has 310 valence electrons. The second-order valence-corrected chi connectivity index (χ2v) is 19.8. The molecule has 18 heteroatoms. The monoisotopic (exact) mass is 883 g/mol. The molecule has 0 amide bonds. The molecule has 4 aromatic rings. The molecule has 1 heterocycles. The summed E-state index contributed by atoms with van der Waals surface area (Å²) in [6.45, 7) is 2.56. The third-order valence-corrected chi connectivity index (χ3v) is 14.5. The molecule has 0 aromatic heterocycles.